The largest absolute Gasteiger partial charge is 0.381 e. The summed E-state index contributed by atoms with van der Waals surface area (Å²) in [5.41, 5.74) is 0.901. The van der Waals surface area contributed by atoms with Crippen LogP contribution in [0.1, 0.15) is 33.1 Å². The van der Waals surface area contributed by atoms with Gasteiger partial charge in [0.25, 0.3) is 0 Å². The second-order valence-electron chi connectivity index (χ2n) is 3.91. The molecule has 1 rings (SSSR count). The highest BCUT2D eigenvalue weighted by molar-refractivity contribution is 9.10. The van der Waals surface area contributed by atoms with E-state index >= 15 is 0 Å². The maximum Gasteiger partial charge on any atom is 0.0835 e. The van der Waals surface area contributed by atoms with Crippen molar-refractivity contribution < 1.29 is 0 Å². The highest BCUT2D eigenvalue weighted by Gasteiger charge is 2.10. The van der Waals surface area contributed by atoms with E-state index in [2.05, 4.69) is 35.1 Å². The Morgan fingerprint density at radius 3 is 2.62 bits per heavy atom. The van der Waals surface area contributed by atoms with E-state index in [1.165, 1.54) is 12.8 Å². The molecular weight excluding hydrogens is 309 g/mol. The number of halogens is 3. The number of nitrogens with one attached hydrogen (secondary N) is 1. The molecule has 0 aliphatic carbocycles. The minimum Gasteiger partial charge on any atom is -0.381 e. The van der Waals surface area contributed by atoms with Gasteiger partial charge in [0.2, 0.25) is 0 Å². The summed E-state index contributed by atoms with van der Waals surface area (Å²) in [6.45, 7) is 4.35. The summed E-state index contributed by atoms with van der Waals surface area (Å²) >= 11 is 15.5. The van der Waals surface area contributed by atoms with E-state index in [1.807, 2.05) is 12.1 Å². The maximum absolute atomic E-state index is 6.15. The molecule has 1 aromatic rings. The molecule has 0 bridgehead atoms. The lowest BCUT2D eigenvalue weighted by Crippen LogP contribution is -2.15. The van der Waals surface area contributed by atoms with Crippen LogP contribution >= 0.6 is 39.1 Å². The Labute approximate surface area is 116 Å². The molecule has 1 unspecified atom stereocenters. The van der Waals surface area contributed by atoms with Gasteiger partial charge in [-0.15, -0.1) is 0 Å². The van der Waals surface area contributed by atoms with Crippen LogP contribution < -0.4 is 5.32 Å². The fourth-order valence-electron chi connectivity index (χ4n) is 1.49. The number of unbranched alkanes of at least 4 members (excludes halogenated alkanes) is 1. The first-order valence-corrected chi connectivity index (χ1v) is 7.01. The molecule has 4 heteroatoms. The van der Waals surface area contributed by atoms with Gasteiger partial charge in [0.1, 0.15) is 0 Å². The monoisotopic (exact) mass is 323 g/mol. The molecule has 0 fully saturated rings. The molecule has 0 heterocycles. The van der Waals surface area contributed by atoms with Crippen LogP contribution in [0.2, 0.25) is 10.0 Å². The molecule has 1 nitrogen and oxygen atoms in total. The summed E-state index contributed by atoms with van der Waals surface area (Å²) in [6.07, 6.45) is 3.57. The Bertz CT molecular complexity index is 355. The first kappa shape index (κ1) is 14.1. The molecule has 0 saturated heterocycles. The van der Waals surface area contributed by atoms with Crippen LogP contribution in [-0.2, 0) is 0 Å². The van der Waals surface area contributed by atoms with Gasteiger partial charge in [0, 0.05) is 10.5 Å². The van der Waals surface area contributed by atoms with E-state index in [9.17, 15) is 0 Å². The Kier molecular flexibility index (Phi) is 5.95. The van der Waals surface area contributed by atoms with Crippen LogP contribution in [0.5, 0.6) is 0 Å². The third-order valence-electron chi connectivity index (χ3n) is 2.43. The predicted molar refractivity (Wildman–Crippen MR) is 76.8 cm³/mol. The average Bonchev–Trinajstić information content (AvgIpc) is 2.27. The van der Waals surface area contributed by atoms with Gasteiger partial charge in [-0.2, -0.15) is 0 Å². The molecule has 16 heavy (non-hydrogen) atoms. The van der Waals surface area contributed by atoms with Crippen LogP contribution in [0.25, 0.3) is 0 Å². The molecular formula is C12H16BrCl2N. The topological polar surface area (TPSA) is 12.0 Å². The van der Waals surface area contributed by atoms with Crippen molar-refractivity contribution in [3.8, 4) is 0 Å². The SMILES string of the molecule is CCCCC(C)Nc1ccc(Br)c(Cl)c1Cl. The van der Waals surface area contributed by atoms with Gasteiger partial charge in [-0.1, -0.05) is 43.0 Å². The van der Waals surface area contributed by atoms with Gasteiger partial charge < -0.3 is 5.32 Å². The second-order valence-corrected chi connectivity index (χ2v) is 5.52. The summed E-state index contributed by atoms with van der Waals surface area (Å²) < 4.78 is 0.825. The molecule has 1 aromatic carbocycles. The number of anilines is 1. The normalized spacial score (nSPS) is 12.6. The predicted octanol–water partition coefficient (Wildman–Crippen LogP) is 5.75. The van der Waals surface area contributed by atoms with Crippen molar-refractivity contribution in [2.24, 2.45) is 0 Å². The van der Waals surface area contributed by atoms with Crippen molar-refractivity contribution in [2.45, 2.75) is 39.2 Å². The van der Waals surface area contributed by atoms with Gasteiger partial charge in [0.15, 0.2) is 0 Å². The van der Waals surface area contributed by atoms with Crippen LogP contribution in [-0.4, -0.2) is 6.04 Å². The third-order valence-corrected chi connectivity index (χ3v) is 4.20. The third kappa shape index (κ3) is 3.83. The lowest BCUT2D eigenvalue weighted by molar-refractivity contribution is 0.645. The van der Waals surface area contributed by atoms with Crippen molar-refractivity contribution >= 4 is 44.8 Å². The Hall–Kier alpha value is 0.0800. The molecule has 1 atom stereocenters. The minimum absolute atomic E-state index is 0.412. The zero-order valence-electron chi connectivity index (χ0n) is 9.49. The van der Waals surface area contributed by atoms with Gasteiger partial charge in [0.05, 0.1) is 15.7 Å². The summed E-state index contributed by atoms with van der Waals surface area (Å²) in [4.78, 5) is 0. The Morgan fingerprint density at radius 2 is 2.00 bits per heavy atom. The molecule has 0 radical (unpaired) electrons. The average molecular weight is 325 g/mol. The van der Waals surface area contributed by atoms with E-state index in [4.69, 9.17) is 23.2 Å². The van der Waals surface area contributed by atoms with E-state index in [0.29, 0.717) is 16.1 Å². The molecule has 90 valence electrons. The van der Waals surface area contributed by atoms with Crippen molar-refractivity contribution in [1.82, 2.24) is 0 Å². The maximum atomic E-state index is 6.15. The van der Waals surface area contributed by atoms with E-state index in [-0.39, 0.29) is 0 Å². The molecule has 0 amide bonds. The van der Waals surface area contributed by atoms with Crippen molar-refractivity contribution in [1.29, 1.82) is 0 Å². The van der Waals surface area contributed by atoms with Gasteiger partial charge in [-0.05, 0) is 41.4 Å². The lowest BCUT2D eigenvalue weighted by Gasteiger charge is -2.16. The smallest absolute Gasteiger partial charge is 0.0835 e. The molecule has 0 spiro atoms. The molecule has 0 aliphatic heterocycles. The first-order chi connectivity index (χ1) is 7.56. The summed E-state index contributed by atoms with van der Waals surface area (Å²) in [7, 11) is 0. The van der Waals surface area contributed by atoms with Gasteiger partial charge >= 0.3 is 0 Å². The summed E-state index contributed by atoms with van der Waals surface area (Å²) in [6, 6.07) is 4.26. The Balaban J connectivity index is 2.70. The quantitative estimate of drug-likeness (QED) is 0.680. The summed E-state index contributed by atoms with van der Waals surface area (Å²) in [5, 5.41) is 4.52. The molecule has 1 N–H and O–H groups in total. The zero-order valence-corrected chi connectivity index (χ0v) is 12.6. The van der Waals surface area contributed by atoms with Crippen molar-refractivity contribution in [3.63, 3.8) is 0 Å². The van der Waals surface area contributed by atoms with E-state index in [0.717, 1.165) is 16.6 Å². The van der Waals surface area contributed by atoms with Crippen LogP contribution in [0.15, 0.2) is 16.6 Å². The standard InChI is InChI=1S/C12H16BrCl2N/c1-3-4-5-8(2)16-10-7-6-9(13)11(14)12(10)15/h6-8,16H,3-5H2,1-2H3. The molecule has 0 aliphatic rings. The van der Waals surface area contributed by atoms with Gasteiger partial charge in [-0.3, -0.25) is 0 Å². The fraction of sp³-hybridized carbons (Fsp3) is 0.500. The lowest BCUT2D eigenvalue weighted by atomic mass is 10.1. The number of hydrogen-bond acceptors (Lipinski definition) is 1. The van der Waals surface area contributed by atoms with Crippen LogP contribution in [0, 0.1) is 0 Å². The van der Waals surface area contributed by atoms with E-state index < -0.39 is 0 Å². The second kappa shape index (κ2) is 6.73. The highest BCUT2D eigenvalue weighted by atomic mass is 79.9. The van der Waals surface area contributed by atoms with Crippen LogP contribution in [0.3, 0.4) is 0 Å². The van der Waals surface area contributed by atoms with Crippen LogP contribution in [0.4, 0.5) is 5.69 Å². The summed E-state index contributed by atoms with van der Waals surface area (Å²) in [5.74, 6) is 0. The van der Waals surface area contributed by atoms with Crippen molar-refractivity contribution in [2.75, 3.05) is 5.32 Å². The molecule has 0 aromatic heterocycles. The van der Waals surface area contributed by atoms with E-state index in [1.54, 1.807) is 0 Å². The minimum atomic E-state index is 0.412. The van der Waals surface area contributed by atoms with Gasteiger partial charge in [-0.25, -0.2) is 0 Å². The van der Waals surface area contributed by atoms with Crippen molar-refractivity contribution in [3.05, 3.63) is 26.7 Å². The first-order valence-electron chi connectivity index (χ1n) is 5.46. The number of benzene rings is 1. The Morgan fingerprint density at radius 1 is 1.31 bits per heavy atom. The zero-order chi connectivity index (χ0) is 12.1. The molecule has 0 saturated carbocycles. The number of rotatable bonds is 5. The fourth-order valence-corrected chi connectivity index (χ4v) is 2.31. The highest BCUT2D eigenvalue weighted by Crippen LogP contribution is 2.36. The number of hydrogen-bond donors (Lipinski definition) is 1.